The zero-order valence-corrected chi connectivity index (χ0v) is 9.16. The molecular formula is C10H12ClN3O. The molecule has 0 spiro atoms. The fraction of sp³-hybridized carbons (Fsp3) is 0.300. The van der Waals surface area contributed by atoms with E-state index < -0.39 is 0 Å². The van der Waals surface area contributed by atoms with E-state index in [4.69, 9.17) is 21.8 Å². The fourth-order valence-electron chi connectivity index (χ4n) is 1.35. The van der Waals surface area contributed by atoms with Gasteiger partial charge in [-0.3, -0.25) is 4.68 Å². The number of nitrogens with zero attached hydrogens (tertiary/aromatic N) is 2. The highest BCUT2D eigenvalue weighted by atomic mass is 35.5. The fourth-order valence-corrected chi connectivity index (χ4v) is 1.49. The molecule has 2 rings (SSSR count). The average molecular weight is 226 g/mol. The summed E-state index contributed by atoms with van der Waals surface area (Å²) in [4.78, 5) is 0. The van der Waals surface area contributed by atoms with Gasteiger partial charge in [0.25, 0.3) is 0 Å². The van der Waals surface area contributed by atoms with Crippen molar-refractivity contribution in [2.45, 2.75) is 20.0 Å². The van der Waals surface area contributed by atoms with Crippen LogP contribution in [0.5, 0.6) is 0 Å². The van der Waals surface area contributed by atoms with Gasteiger partial charge in [-0.2, -0.15) is 5.10 Å². The van der Waals surface area contributed by atoms with Crippen LogP contribution >= 0.6 is 11.6 Å². The van der Waals surface area contributed by atoms with Crippen LogP contribution < -0.4 is 5.73 Å². The summed E-state index contributed by atoms with van der Waals surface area (Å²) in [6, 6.07) is 3.77. The molecule has 0 aliphatic heterocycles. The molecule has 80 valence electrons. The minimum atomic E-state index is 0.416. The smallest absolute Gasteiger partial charge is 0.125 e. The molecule has 2 aromatic rings. The maximum atomic E-state index is 5.89. The van der Waals surface area contributed by atoms with Gasteiger partial charge >= 0.3 is 0 Å². The third-order valence-electron chi connectivity index (χ3n) is 2.27. The summed E-state index contributed by atoms with van der Waals surface area (Å²) < 4.78 is 7.27. The van der Waals surface area contributed by atoms with Crippen molar-refractivity contribution in [3.63, 3.8) is 0 Å². The Morgan fingerprint density at radius 3 is 2.73 bits per heavy atom. The van der Waals surface area contributed by atoms with Gasteiger partial charge in [0.05, 0.1) is 30.0 Å². The zero-order valence-electron chi connectivity index (χ0n) is 8.40. The normalized spacial score (nSPS) is 10.9. The molecule has 0 aliphatic rings. The molecule has 0 saturated heterocycles. The van der Waals surface area contributed by atoms with E-state index >= 15 is 0 Å². The molecule has 0 radical (unpaired) electrons. The van der Waals surface area contributed by atoms with E-state index in [9.17, 15) is 0 Å². The Kier molecular flexibility index (Phi) is 2.79. The van der Waals surface area contributed by atoms with Crippen LogP contribution in [0, 0.1) is 6.92 Å². The topological polar surface area (TPSA) is 57.0 Å². The van der Waals surface area contributed by atoms with Gasteiger partial charge in [0.2, 0.25) is 0 Å². The van der Waals surface area contributed by atoms with Crippen LogP contribution in [-0.2, 0) is 13.1 Å². The van der Waals surface area contributed by atoms with Crippen molar-refractivity contribution in [1.29, 1.82) is 0 Å². The second-order valence-electron chi connectivity index (χ2n) is 3.31. The first-order valence-corrected chi connectivity index (χ1v) is 5.04. The number of hydrogen-bond donors (Lipinski definition) is 1. The zero-order chi connectivity index (χ0) is 10.8. The van der Waals surface area contributed by atoms with Gasteiger partial charge in [0.1, 0.15) is 11.5 Å². The van der Waals surface area contributed by atoms with Crippen molar-refractivity contribution in [2.75, 3.05) is 0 Å². The molecule has 0 amide bonds. The number of rotatable bonds is 3. The third kappa shape index (κ3) is 2.06. The van der Waals surface area contributed by atoms with Gasteiger partial charge in [0.15, 0.2) is 0 Å². The largest absolute Gasteiger partial charge is 0.463 e. The predicted molar refractivity (Wildman–Crippen MR) is 57.7 cm³/mol. The maximum Gasteiger partial charge on any atom is 0.125 e. The molecule has 0 aliphatic carbocycles. The molecule has 2 heterocycles. The number of halogens is 1. The van der Waals surface area contributed by atoms with Gasteiger partial charge in [0, 0.05) is 0 Å². The van der Waals surface area contributed by atoms with Crippen LogP contribution in [0.4, 0.5) is 0 Å². The molecule has 5 heteroatoms. The molecule has 0 aromatic carbocycles. The third-order valence-corrected chi connectivity index (χ3v) is 2.64. The SMILES string of the molecule is Cc1c(Cl)cnn1Cc1ccc(CN)o1. The Morgan fingerprint density at radius 1 is 1.47 bits per heavy atom. The second kappa shape index (κ2) is 4.08. The first-order chi connectivity index (χ1) is 7.20. The van der Waals surface area contributed by atoms with Gasteiger partial charge in [-0.1, -0.05) is 11.6 Å². The number of nitrogens with two attached hydrogens (primary N) is 1. The lowest BCUT2D eigenvalue weighted by atomic mass is 10.4. The van der Waals surface area contributed by atoms with Crippen LogP contribution in [0.2, 0.25) is 5.02 Å². The van der Waals surface area contributed by atoms with Gasteiger partial charge in [-0.05, 0) is 19.1 Å². The first kappa shape index (κ1) is 10.3. The van der Waals surface area contributed by atoms with Gasteiger partial charge < -0.3 is 10.2 Å². The molecule has 0 fully saturated rings. The maximum absolute atomic E-state index is 5.89. The summed E-state index contributed by atoms with van der Waals surface area (Å²) >= 11 is 5.89. The van der Waals surface area contributed by atoms with Gasteiger partial charge in [-0.15, -0.1) is 0 Å². The summed E-state index contributed by atoms with van der Waals surface area (Å²) in [5.41, 5.74) is 6.39. The van der Waals surface area contributed by atoms with Crippen LogP contribution in [0.25, 0.3) is 0 Å². The highest BCUT2D eigenvalue weighted by Crippen LogP contribution is 2.15. The Morgan fingerprint density at radius 2 is 2.20 bits per heavy atom. The van der Waals surface area contributed by atoms with Crippen LogP contribution in [0.3, 0.4) is 0 Å². The molecule has 4 nitrogen and oxygen atoms in total. The average Bonchev–Trinajstić information content (AvgIpc) is 2.80. The van der Waals surface area contributed by atoms with Crippen LogP contribution in [-0.4, -0.2) is 9.78 Å². The van der Waals surface area contributed by atoms with E-state index in [-0.39, 0.29) is 0 Å². The summed E-state index contributed by atoms with van der Waals surface area (Å²) in [6.45, 7) is 2.92. The van der Waals surface area contributed by atoms with Crippen molar-refractivity contribution in [2.24, 2.45) is 5.73 Å². The van der Waals surface area contributed by atoms with Crippen molar-refractivity contribution in [1.82, 2.24) is 9.78 Å². The first-order valence-electron chi connectivity index (χ1n) is 4.66. The van der Waals surface area contributed by atoms with Crippen LogP contribution in [0.1, 0.15) is 17.2 Å². The Balaban J connectivity index is 2.18. The molecule has 2 aromatic heterocycles. The Hall–Kier alpha value is -1.26. The highest BCUT2D eigenvalue weighted by molar-refractivity contribution is 6.31. The monoisotopic (exact) mass is 225 g/mol. The van der Waals surface area contributed by atoms with Crippen molar-refractivity contribution < 1.29 is 4.42 Å². The number of aromatic nitrogens is 2. The summed E-state index contributed by atoms with van der Waals surface area (Å²) in [5.74, 6) is 1.61. The van der Waals surface area contributed by atoms with E-state index in [1.807, 2.05) is 19.1 Å². The van der Waals surface area contributed by atoms with Crippen molar-refractivity contribution in [3.05, 3.63) is 40.6 Å². The highest BCUT2D eigenvalue weighted by Gasteiger charge is 2.06. The predicted octanol–water partition coefficient (Wildman–Crippen LogP) is 1.94. The minimum absolute atomic E-state index is 0.416. The molecule has 15 heavy (non-hydrogen) atoms. The number of hydrogen-bond acceptors (Lipinski definition) is 3. The summed E-state index contributed by atoms with van der Waals surface area (Å²) in [5, 5.41) is 4.81. The van der Waals surface area contributed by atoms with E-state index in [1.165, 1.54) is 0 Å². The number of furan rings is 1. The summed E-state index contributed by atoms with van der Waals surface area (Å²) in [6.07, 6.45) is 1.63. The molecule has 2 N–H and O–H groups in total. The lowest BCUT2D eigenvalue weighted by molar-refractivity contribution is 0.443. The quantitative estimate of drug-likeness (QED) is 0.869. The van der Waals surface area contributed by atoms with E-state index in [1.54, 1.807) is 10.9 Å². The molecular weight excluding hydrogens is 214 g/mol. The van der Waals surface area contributed by atoms with E-state index in [2.05, 4.69) is 5.10 Å². The Bertz CT molecular complexity index is 461. The van der Waals surface area contributed by atoms with Crippen LogP contribution in [0.15, 0.2) is 22.7 Å². The van der Waals surface area contributed by atoms with Gasteiger partial charge in [-0.25, -0.2) is 0 Å². The lowest BCUT2D eigenvalue weighted by Crippen LogP contribution is -2.02. The molecule has 0 bridgehead atoms. The van der Waals surface area contributed by atoms with Crippen molar-refractivity contribution in [3.8, 4) is 0 Å². The molecule has 0 saturated carbocycles. The second-order valence-corrected chi connectivity index (χ2v) is 3.71. The summed E-state index contributed by atoms with van der Waals surface area (Å²) in [7, 11) is 0. The molecule has 0 unspecified atom stereocenters. The van der Waals surface area contributed by atoms with Crippen molar-refractivity contribution >= 4 is 11.6 Å². The molecule has 0 atom stereocenters. The van der Waals surface area contributed by atoms with E-state index in [0.717, 1.165) is 17.2 Å². The van der Waals surface area contributed by atoms with E-state index in [0.29, 0.717) is 18.1 Å². The minimum Gasteiger partial charge on any atom is -0.463 e. The lowest BCUT2D eigenvalue weighted by Gasteiger charge is -2.01. The standard InChI is InChI=1S/C10H12ClN3O/c1-7-10(11)5-13-14(7)6-9-3-2-8(4-12)15-9/h2-3,5H,4,6,12H2,1H3. The Labute approximate surface area is 92.6 Å².